The van der Waals surface area contributed by atoms with Crippen molar-refractivity contribution in [3.63, 3.8) is 0 Å². The summed E-state index contributed by atoms with van der Waals surface area (Å²) >= 11 is 0. The fourth-order valence-corrected chi connectivity index (χ4v) is 2.24. The van der Waals surface area contributed by atoms with Gasteiger partial charge in [-0.3, -0.25) is 0 Å². The van der Waals surface area contributed by atoms with E-state index in [1.165, 1.54) is 5.56 Å². The van der Waals surface area contributed by atoms with Crippen molar-refractivity contribution in [3.05, 3.63) is 28.5 Å². The van der Waals surface area contributed by atoms with Gasteiger partial charge in [0.15, 0.2) is 0 Å². The molecule has 1 aromatic heterocycles. The minimum absolute atomic E-state index is 0.252. The molecule has 0 saturated heterocycles. The molecule has 48 valence electrons. The molecule has 0 spiro atoms. The molecule has 0 bridgehead atoms. The van der Waals surface area contributed by atoms with Crippen LogP contribution in [0.4, 0.5) is 0 Å². The van der Waals surface area contributed by atoms with Gasteiger partial charge in [-0.1, -0.05) is 35.1 Å². The molecule has 0 atom stereocenters. The molecule has 9 heavy (non-hydrogen) atoms. The Bertz CT molecular complexity index is 216. The van der Waals surface area contributed by atoms with Gasteiger partial charge in [0.25, 0.3) is 0 Å². The van der Waals surface area contributed by atoms with Crippen LogP contribution in [0.15, 0.2) is 17.8 Å². The lowest BCUT2D eigenvalue weighted by Crippen LogP contribution is -1.96. The van der Waals surface area contributed by atoms with Gasteiger partial charge in [0.2, 0.25) is 0 Å². The zero-order valence-electron chi connectivity index (χ0n) is 6.23. The summed E-state index contributed by atoms with van der Waals surface area (Å²) in [7, 11) is -0.252. The Morgan fingerprint density at radius 3 is 2.33 bits per heavy atom. The summed E-state index contributed by atoms with van der Waals surface area (Å²) in [5.41, 5.74) is 3.82. The molecule has 0 nitrogen and oxygen atoms in total. The first-order chi connectivity index (χ1) is 4.20. The second-order valence-electron chi connectivity index (χ2n) is 2.59. The second kappa shape index (κ2) is 2.44. The SMILES string of the molecule is Cc1ccc(C)[si](C)c1. The quantitative estimate of drug-likeness (QED) is 0.478. The van der Waals surface area contributed by atoms with Crippen LogP contribution >= 0.6 is 0 Å². The predicted octanol–water partition coefficient (Wildman–Crippen LogP) is 1.87. The third-order valence-corrected chi connectivity index (χ3v) is 3.96. The highest BCUT2D eigenvalue weighted by molar-refractivity contribution is 6.50. The monoisotopic (exact) mass is 136 g/mol. The van der Waals surface area contributed by atoms with E-state index in [1.807, 2.05) is 0 Å². The highest BCUT2D eigenvalue weighted by atomic mass is 28.2. The molecule has 0 aromatic carbocycles. The molecule has 0 aliphatic carbocycles. The highest BCUT2D eigenvalue weighted by Gasteiger charge is 1.90. The van der Waals surface area contributed by atoms with Crippen LogP contribution in [-0.2, 0) is 6.55 Å². The molecule has 0 radical (unpaired) electrons. The first kappa shape index (κ1) is 6.68. The van der Waals surface area contributed by atoms with Crippen molar-refractivity contribution in [2.75, 3.05) is 0 Å². The van der Waals surface area contributed by atoms with E-state index in [0.717, 1.165) is 0 Å². The van der Waals surface area contributed by atoms with Gasteiger partial charge >= 0.3 is 0 Å². The molecule has 1 heterocycles. The third-order valence-electron chi connectivity index (χ3n) is 1.66. The number of aryl methyl sites for hydroxylation is 3. The van der Waals surface area contributed by atoms with Crippen molar-refractivity contribution in [1.29, 1.82) is 0 Å². The maximum atomic E-state index is 2.39. The normalized spacial score (nSPS) is 9.67. The molecular weight excluding hydrogens is 124 g/mol. The van der Waals surface area contributed by atoms with E-state index in [9.17, 15) is 0 Å². The van der Waals surface area contributed by atoms with Crippen LogP contribution < -0.4 is 0 Å². The molecular formula is C8H12Si. The van der Waals surface area contributed by atoms with Crippen molar-refractivity contribution in [2.24, 2.45) is 6.55 Å². The van der Waals surface area contributed by atoms with E-state index in [1.54, 1.807) is 5.17 Å². The van der Waals surface area contributed by atoms with Crippen LogP contribution in [0.2, 0.25) is 0 Å². The summed E-state index contributed by atoms with van der Waals surface area (Å²) in [5, 5.41) is 1.56. The molecule has 1 heteroatoms. The van der Waals surface area contributed by atoms with Gasteiger partial charge < -0.3 is 0 Å². The summed E-state index contributed by atoms with van der Waals surface area (Å²) in [5.74, 6) is 0. The van der Waals surface area contributed by atoms with E-state index in [-0.39, 0.29) is 8.40 Å². The van der Waals surface area contributed by atoms with Gasteiger partial charge in [0.1, 0.15) is 0 Å². The van der Waals surface area contributed by atoms with Crippen LogP contribution in [0.25, 0.3) is 0 Å². The largest absolute Gasteiger partial charge is 0.0749 e. The lowest BCUT2D eigenvalue weighted by Gasteiger charge is -1.97. The average Bonchev–Trinajstić information content (AvgIpc) is 1.80. The fraction of sp³-hybridized carbons (Fsp3) is 0.375. The predicted molar refractivity (Wildman–Crippen MR) is 42.8 cm³/mol. The van der Waals surface area contributed by atoms with Gasteiger partial charge in [-0.2, -0.15) is 0 Å². The van der Waals surface area contributed by atoms with Crippen molar-refractivity contribution in [3.8, 4) is 0 Å². The van der Waals surface area contributed by atoms with E-state index >= 15 is 0 Å². The molecule has 1 rings (SSSR count). The Morgan fingerprint density at radius 1 is 1.22 bits per heavy atom. The minimum Gasteiger partial charge on any atom is -0.0749 e. The van der Waals surface area contributed by atoms with E-state index in [0.29, 0.717) is 0 Å². The van der Waals surface area contributed by atoms with E-state index in [4.69, 9.17) is 0 Å². The molecule has 0 fully saturated rings. The maximum absolute atomic E-state index is 2.39. The Labute approximate surface area is 58.1 Å². The number of hydrogen-bond donors (Lipinski definition) is 0. The van der Waals surface area contributed by atoms with Crippen molar-refractivity contribution >= 4 is 8.40 Å². The van der Waals surface area contributed by atoms with Gasteiger partial charge in [0, 0.05) is 8.40 Å². The number of hydrogen-bond acceptors (Lipinski definition) is 0. The van der Waals surface area contributed by atoms with Gasteiger partial charge in [0.05, 0.1) is 0 Å². The molecule has 0 amide bonds. The molecule has 0 saturated carbocycles. The minimum atomic E-state index is -0.252. The maximum Gasteiger partial charge on any atom is 0.0371 e. The van der Waals surface area contributed by atoms with Crippen molar-refractivity contribution < 1.29 is 0 Å². The summed E-state index contributed by atoms with van der Waals surface area (Å²) < 4.78 is 0. The van der Waals surface area contributed by atoms with Crippen LogP contribution in [0, 0.1) is 13.8 Å². The number of rotatable bonds is 0. The lowest BCUT2D eigenvalue weighted by atomic mass is 10.3. The topological polar surface area (TPSA) is 0 Å². The van der Waals surface area contributed by atoms with Crippen LogP contribution in [0.1, 0.15) is 10.7 Å². The Kier molecular flexibility index (Phi) is 1.81. The Balaban J connectivity index is 3.17. The van der Waals surface area contributed by atoms with Crippen molar-refractivity contribution in [2.45, 2.75) is 13.8 Å². The Hall–Kier alpha value is -0.433. The third kappa shape index (κ3) is 1.48. The highest BCUT2D eigenvalue weighted by Crippen LogP contribution is 1.98. The van der Waals surface area contributed by atoms with E-state index in [2.05, 4.69) is 38.2 Å². The average molecular weight is 136 g/mol. The van der Waals surface area contributed by atoms with Crippen LogP contribution in [-0.4, -0.2) is 8.40 Å². The summed E-state index contributed by atoms with van der Waals surface area (Å²) in [6.07, 6.45) is 0. The van der Waals surface area contributed by atoms with Crippen molar-refractivity contribution in [1.82, 2.24) is 0 Å². The zero-order valence-corrected chi connectivity index (χ0v) is 7.23. The molecule has 0 N–H and O–H groups in total. The molecule has 0 unspecified atom stereocenters. The van der Waals surface area contributed by atoms with E-state index < -0.39 is 0 Å². The summed E-state index contributed by atoms with van der Waals surface area (Å²) in [4.78, 5) is 0. The Morgan fingerprint density at radius 2 is 1.89 bits per heavy atom. The molecule has 1 aromatic rings. The molecule has 0 aliphatic heterocycles. The fourth-order valence-electron chi connectivity index (χ4n) is 0.891. The first-order valence-electron chi connectivity index (χ1n) is 3.24. The van der Waals surface area contributed by atoms with Gasteiger partial charge in [-0.15, -0.1) is 0 Å². The van der Waals surface area contributed by atoms with Crippen LogP contribution in [0.3, 0.4) is 0 Å². The summed E-state index contributed by atoms with van der Waals surface area (Å²) in [6, 6.07) is 4.43. The zero-order chi connectivity index (χ0) is 6.85. The smallest absolute Gasteiger partial charge is 0.0371 e. The second-order valence-corrected chi connectivity index (χ2v) is 5.03. The molecule has 0 aliphatic rings. The standard InChI is InChI=1S/C8H12Si/c1-7-4-5-8(2)9(3)6-7/h4-6H,1-3H3. The lowest BCUT2D eigenvalue weighted by molar-refractivity contribution is 1.46. The van der Waals surface area contributed by atoms with Crippen LogP contribution in [0.5, 0.6) is 0 Å². The van der Waals surface area contributed by atoms with Gasteiger partial charge in [-0.25, -0.2) is 0 Å². The van der Waals surface area contributed by atoms with Gasteiger partial charge in [-0.05, 0) is 13.8 Å². The summed E-state index contributed by atoms with van der Waals surface area (Å²) in [6.45, 7) is 6.71. The first-order valence-corrected chi connectivity index (χ1v) is 5.32.